The van der Waals surface area contributed by atoms with Crippen LogP contribution in [0.25, 0.3) is 11.2 Å². The molecule has 2 N–H and O–H groups in total. The Balaban J connectivity index is 2.21. The molecule has 0 unspecified atom stereocenters. The van der Waals surface area contributed by atoms with E-state index in [2.05, 4.69) is 68.7 Å². The normalized spacial score (nSPS) is 12.1. The molecule has 1 amide bonds. The summed E-state index contributed by atoms with van der Waals surface area (Å²) in [5, 5.41) is 3.01. The molecule has 0 aliphatic rings. The van der Waals surface area contributed by atoms with Crippen LogP contribution in [0.5, 0.6) is 0 Å². The Morgan fingerprint density at radius 2 is 1.76 bits per heavy atom. The first-order valence-corrected chi connectivity index (χ1v) is 12.3. The number of hydrogen-bond acceptors (Lipinski definition) is 5. The number of amides is 1. The van der Waals surface area contributed by atoms with Crippen LogP contribution in [0.15, 0.2) is 9.59 Å². The molecule has 0 aromatic carbocycles. The quantitative estimate of drug-likeness (QED) is 0.476. The van der Waals surface area contributed by atoms with Gasteiger partial charge >= 0.3 is 5.69 Å². The number of H-pyrrole nitrogens is 1. The second-order valence-electron chi connectivity index (χ2n) is 9.74. The number of aryl methyl sites for hydroxylation is 2. The molecule has 9 heteroatoms. The van der Waals surface area contributed by atoms with Gasteiger partial charge in [0.25, 0.3) is 5.56 Å². The summed E-state index contributed by atoms with van der Waals surface area (Å²) >= 11 is 0. The number of nitrogens with zero attached hydrogens (tertiary/aromatic N) is 4. The second-order valence-corrected chi connectivity index (χ2v) is 9.74. The summed E-state index contributed by atoms with van der Waals surface area (Å²) in [5.41, 5.74) is -0.0227. The van der Waals surface area contributed by atoms with E-state index in [0.29, 0.717) is 55.1 Å². The maximum absolute atomic E-state index is 12.7. The van der Waals surface area contributed by atoms with Crippen LogP contribution < -0.4 is 16.6 Å². The third-order valence-corrected chi connectivity index (χ3v) is 5.84. The van der Waals surface area contributed by atoms with Gasteiger partial charge in [-0.05, 0) is 40.0 Å². The van der Waals surface area contributed by atoms with Gasteiger partial charge in [-0.25, -0.2) is 9.78 Å². The Bertz CT molecular complexity index is 1020. The van der Waals surface area contributed by atoms with Crippen molar-refractivity contribution in [2.75, 3.05) is 13.1 Å². The number of rotatable bonds is 13. The van der Waals surface area contributed by atoms with Crippen molar-refractivity contribution >= 4 is 17.1 Å². The topological polar surface area (TPSA) is 105 Å². The number of carbonyl (C=O) groups excluding carboxylic acids is 1. The first-order chi connectivity index (χ1) is 15.6. The summed E-state index contributed by atoms with van der Waals surface area (Å²) in [5.74, 6) is 0.910. The minimum absolute atomic E-state index is 0.0390. The summed E-state index contributed by atoms with van der Waals surface area (Å²) in [6.45, 7) is 17.3. The Labute approximate surface area is 196 Å². The number of hydrogen-bond donors (Lipinski definition) is 2. The van der Waals surface area contributed by atoms with E-state index in [0.717, 1.165) is 19.4 Å². The van der Waals surface area contributed by atoms with Crippen molar-refractivity contribution in [3.63, 3.8) is 0 Å². The van der Waals surface area contributed by atoms with Crippen LogP contribution in [-0.4, -0.2) is 55.1 Å². The molecule has 2 aromatic heterocycles. The lowest BCUT2D eigenvalue weighted by Gasteiger charge is -2.30. The van der Waals surface area contributed by atoms with Gasteiger partial charge in [0.15, 0.2) is 11.2 Å². The third kappa shape index (κ3) is 7.03. The number of nitrogens with one attached hydrogen (secondary N) is 2. The van der Waals surface area contributed by atoms with Crippen LogP contribution in [0.1, 0.15) is 73.6 Å². The predicted molar refractivity (Wildman–Crippen MR) is 133 cm³/mol. The number of aromatic nitrogens is 4. The smallest absolute Gasteiger partial charge is 0.330 e. The minimum atomic E-state index is -0.431. The Hall–Kier alpha value is -2.42. The van der Waals surface area contributed by atoms with Crippen molar-refractivity contribution in [1.82, 2.24) is 29.3 Å². The van der Waals surface area contributed by atoms with E-state index in [4.69, 9.17) is 0 Å². The molecule has 0 aliphatic carbocycles. The van der Waals surface area contributed by atoms with Gasteiger partial charge < -0.3 is 9.88 Å². The molecule has 0 saturated carbocycles. The fourth-order valence-electron chi connectivity index (χ4n) is 4.24. The highest BCUT2D eigenvalue weighted by Gasteiger charge is 2.20. The zero-order valence-electron chi connectivity index (χ0n) is 21.4. The van der Waals surface area contributed by atoms with Crippen molar-refractivity contribution in [1.29, 1.82) is 0 Å². The lowest BCUT2D eigenvalue weighted by atomic mass is 10.2. The highest BCUT2D eigenvalue weighted by Crippen LogP contribution is 2.16. The molecular formula is C24H42N6O3. The summed E-state index contributed by atoms with van der Waals surface area (Å²) in [4.78, 5) is 47.1. The first-order valence-electron chi connectivity index (χ1n) is 12.3. The van der Waals surface area contributed by atoms with E-state index >= 15 is 0 Å². The molecule has 0 atom stereocenters. The third-order valence-electron chi connectivity index (χ3n) is 5.84. The summed E-state index contributed by atoms with van der Waals surface area (Å²) < 4.78 is 3.43. The van der Waals surface area contributed by atoms with Crippen LogP contribution in [0.2, 0.25) is 0 Å². The number of carbonyl (C=O) groups is 1. The highest BCUT2D eigenvalue weighted by atomic mass is 16.2. The number of imidazole rings is 1. The van der Waals surface area contributed by atoms with Gasteiger partial charge in [0, 0.05) is 51.1 Å². The monoisotopic (exact) mass is 462 g/mol. The second kappa shape index (κ2) is 12.2. The molecule has 2 aromatic rings. The summed E-state index contributed by atoms with van der Waals surface area (Å²) in [7, 11) is 0. The van der Waals surface area contributed by atoms with Crippen LogP contribution >= 0.6 is 0 Å². The van der Waals surface area contributed by atoms with Crippen LogP contribution in [0.3, 0.4) is 0 Å². The molecule has 2 rings (SSSR count). The summed E-state index contributed by atoms with van der Waals surface area (Å²) in [6.07, 6.45) is 2.44. The van der Waals surface area contributed by atoms with Gasteiger partial charge in [-0.2, -0.15) is 0 Å². The van der Waals surface area contributed by atoms with Crippen molar-refractivity contribution in [3.05, 3.63) is 26.7 Å². The average molecular weight is 463 g/mol. The van der Waals surface area contributed by atoms with Crippen molar-refractivity contribution in [3.8, 4) is 0 Å². The highest BCUT2D eigenvalue weighted by molar-refractivity contribution is 5.76. The number of unbranched alkanes of at least 4 members (excludes halogenated alkanes) is 1. The first kappa shape index (κ1) is 26.8. The molecule has 0 aliphatic heterocycles. The molecule has 9 nitrogen and oxygen atoms in total. The Morgan fingerprint density at radius 3 is 2.33 bits per heavy atom. The van der Waals surface area contributed by atoms with E-state index < -0.39 is 11.2 Å². The number of aromatic amines is 1. The van der Waals surface area contributed by atoms with Crippen LogP contribution in [0.4, 0.5) is 0 Å². The van der Waals surface area contributed by atoms with Gasteiger partial charge in [0.2, 0.25) is 5.91 Å². The lowest BCUT2D eigenvalue weighted by molar-refractivity contribution is -0.121. The number of fused-ring (bicyclic) bond motifs is 1. The maximum Gasteiger partial charge on any atom is 0.330 e. The summed E-state index contributed by atoms with van der Waals surface area (Å²) in [6, 6.07) is 0.836. The molecule has 0 bridgehead atoms. The van der Waals surface area contributed by atoms with E-state index in [1.54, 1.807) is 4.57 Å². The molecule has 0 radical (unpaired) electrons. The zero-order valence-corrected chi connectivity index (χ0v) is 21.4. The Kier molecular flexibility index (Phi) is 9.88. The zero-order chi connectivity index (χ0) is 24.7. The minimum Gasteiger partial charge on any atom is -0.355 e. The molecule has 0 spiro atoms. The van der Waals surface area contributed by atoms with Gasteiger partial charge in [0.1, 0.15) is 5.82 Å². The standard InChI is InChI=1S/C24H42N6O3/c1-8-9-13-29-22-21(23(32)27-24(29)33)30(15-16(2)3)19(26-22)10-11-20(31)25-12-14-28(17(4)5)18(6)7/h16-18H,8-15H2,1-7H3,(H,25,31)(H,27,32,33). The van der Waals surface area contributed by atoms with Crippen LogP contribution in [-0.2, 0) is 24.3 Å². The molecule has 0 fully saturated rings. The van der Waals surface area contributed by atoms with E-state index in [1.807, 2.05) is 4.57 Å². The molecule has 33 heavy (non-hydrogen) atoms. The van der Waals surface area contributed by atoms with E-state index in [-0.39, 0.29) is 18.2 Å². The fourth-order valence-corrected chi connectivity index (χ4v) is 4.24. The van der Waals surface area contributed by atoms with Crippen molar-refractivity contribution in [2.24, 2.45) is 5.92 Å². The molecular weight excluding hydrogens is 420 g/mol. The van der Waals surface area contributed by atoms with Crippen molar-refractivity contribution < 1.29 is 4.79 Å². The SMILES string of the molecule is CCCCn1c(=O)[nH]c(=O)c2c1nc(CCC(=O)NCCN(C(C)C)C(C)C)n2CC(C)C. The Morgan fingerprint density at radius 1 is 1.09 bits per heavy atom. The maximum atomic E-state index is 12.7. The van der Waals surface area contributed by atoms with Gasteiger partial charge in [-0.15, -0.1) is 0 Å². The largest absolute Gasteiger partial charge is 0.355 e. The van der Waals surface area contributed by atoms with Crippen molar-refractivity contribution in [2.45, 2.75) is 99.3 Å². The lowest BCUT2D eigenvalue weighted by Crippen LogP contribution is -2.42. The fraction of sp³-hybridized carbons (Fsp3) is 0.750. The van der Waals surface area contributed by atoms with E-state index in [9.17, 15) is 14.4 Å². The predicted octanol–water partition coefficient (Wildman–Crippen LogP) is 2.51. The molecule has 186 valence electrons. The molecule has 2 heterocycles. The van der Waals surface area contributed by atoms with Crippen LogP contribution in [0, 0.1) is 5.92 Å². The average Bonchev–Trinajstić information content (AvgIpc) is 3.06. The van der Waals surface area contributed by atoms with Gasteiger partial charge in [-0.3, -0.25) is 24.0 Å². The van der Waals surface area contributed by atoms with E-state index in [1.165, 1.54) is 0 Å². The molecule has 0 saturated heterocycles. The van der Waals surface area contributed by atoms with Gasteiger partial charge in [0.05, 0.1) is 0 Å². The van der Waals surface area contributed by atoms with Gasteiger partial charge in [-0.1, -0.05) is 27.2 Å².